The Morgan fingerprint density at radius 2 is 2.00 bits per heavy atom. The number of rotatable bonds is 5. The SMILES string of the molecule is C#CCC(NC(=O)OC(C)(C)C)C(=O)c1ccccc1[N+](=O)[O-]. The van der Waals surface area contributed by atoms with E-state index in [0.717, 1.165) is 0 Å². The summed E-state index contributed by atoms with van der Waals surface area (Å²) >= 11 is 0. The maximum atomic E-state index is 12.5. The van der Waals surface area contributed by atoms with Crippen LogP contribution in [0.2, 0.25) is 0 Å². The standard InChI is InChI=1S/C16H18N2O5/c1-5-8-12(17-15(20)23-16(2,3)4)14(19)11-9-6-7-10-13(11)18(21)22/h1,6-7,9-10,12H,8H2,2-4H3,(H,17,20). The lowest BCUT2D eigenvalue weighted by molar-refractivity contribution is -0.385. The van der Waals surface area contributed by atoms with Gasteiger partial charge in [-0.1, -0.05) is 12.1 Å². The van der Waals surface area contributed by atoms with E-state index in [1.54, 1.807) is 20.8 Å². The number of para-hydroxylation sites is 1. The molecule has 1 aromatic rings. The number of Topliss-reactive ketones (excluding diaryl/α,β-unsaturated/α-hetero) is 1. The highest BCUT2D eigenvalue weighted by molar-refractivity contribution is 6.04. The molecule has 0 aliphatic carbocycles. The average Bonchev–Trinajstić information content (AvgIpc) is 2.44. The fourth-order valence-electron chi connectivity index (χ4n) is 1.81. The molecule has 0 bridgehead atoms. The summed E-state index contributed by atoms with van der Waals surface area (Å²) in [5.74, 6) is 1.64. The molecule has 0 saturated heterocycles. The first-order chi connectivity index (χ1) is 10.7. The Bertz CT molecular complexity index is 655. The monoisotopic (exact) mass is 318 g/mol. The first-order valence-corrected chi connectivity index (χ1v) is 6.86. The van der Waals surface area contributed by atoms with E-state index in [9.17, 15) is 19.7 Å². The molecule has 0 saturated carbocycles. The van der Waals surface area contributed by atoms with Gasteiger partial charge in [-0.3, -0.25) is 14.9 Å². The van der Waals surface area contributed by atoms with E-state index in [2.05, 4.69) is 11.2 Å². The number of amides is 1. The number of nitro groups is 1. The van der Waals surface area contributed by atoms with Crippen molar-refractivity contribution >= 4 is 17.6 Å². The number of ketones is 1. The van der Waals surface area contributed by atoms with Crippen molar-refractivity contribution in [3.63, 3.8) is 0 Å². The number of carbonyl (C=O) groups excluding carboxylic acids is 2. The van der Waals surface area contributed by atoms with Crippen LogP contribution in [-0.4, -0.2) is 28.4 Å². The largest absolute Gasteiger partial charge is 0.444 e. The van der Waals surface area contributed by atoms with Crippen molar-refractivity contribution in [2.75, 3.05) is 0 Å². The van der Waals surface area contributed by atoms with Crippen LogP contribution in [0.15, 0.2) is 24.3 Å². The number of carbonyl (C=O) groups is 2. The molecule has 0 heterocycles. The average molecular weight is 318 g/mol. The Balaban J connectivity index is 3.03. The van der Waals surface area contributed by atoms with Crippen LogP contribution in [-0.2, 0) is 4.74 Å². The Morgan fingerprint density at radius 1 is 1.39 bits per heavy atom. The third kappa shape index (κ3) is 5.43. The quantitative estimate of drug-likeness (QED) is 0.389. The van der Waals surface area contributed by atoms with Crippen LogP contribution < -0.4 is 5.32 Å². The molecule has 7 heteroatoms. The Kier molecular flexibility index (Phi) is 5.85. The maximum absolute atomic E-state index is 12.5. The summed E-state index contributed by atoms with van der Waals surface area (Å²) in [7, 11) is 0. The van der Waals surface area contributed by atoms with Crippen molar-refractivity contribution < 1.29 is 19.2 Å². The molecule has 1 atom stereocenters. The zero-order chi connectivity index (χ0) is 17.6. The highest BCUT2D eigenvalue weighted by Crippen LogP contribution is 2.20. The number of nitro benzene ring substituents is 1. The molecular weight excluding hydrogens is 300 g/mol. The second kappa shape index (κ2) is 7.40. The van der Waals surface area contributed by atoms with Gasteiger partial charge >= 0.3 is 6.09 Å². The molecule has 122 valence electrons. The first kappa shape index (κ1) is 18.2. The number of terminal acetylenes is 1. The van der Waals surface area contributed by atoms with Gasteiger partial charge in [0.25, 0.3) is 5.69 Å². The van der Waals surface area contributed by atoms with Crippen LogP contribution in [0.25, 0.3) is 0 Å². The highest BCUT2D eigenvalue weighted by atomic mass is 16.6. The molecule has 1 unspecified atom stereocenters. The summed E-state index contributed by atoms with van der Waals surface area (Å²) in [6, 6.07) is 4.39. The van der Waals surface area contributed by atoms with Crippen molar-refractivity contribution in [2.24, 2.45) is 0 Å². The lowest BCUT2D eigenvalue weighted by Crippen LogP contribution is -2.43. The molecule has 0 radical (unpaired) electrons. The van der Waals surface area contributed by atoms with Gasteiger partial charge in [0, 0.05) is 12.5 Å². The van der Waals surface area contributed by atoms with Crippen molar-refractivity contribution in [3.8, 4) is 12.3 Å². The van der Waals surface area contributed by atoms with E-state index in [1.165, 1.54) is 24.3 Å². The Morgan fingerprint density at radius 3 is 2.52 bits per heavy atom. The summed E-state index contributed by atoms with van der Waals surface area (Å²) in [5.41, 5.74) is -1.20. The van der Waals surface area contributed by atoms with Gasteiger partial charge in [0.2, 0.25) is 0 Å². The van der Waals surface area contributed by atoms with Gasteiger partial charge in [0.1, 0.15) is 11.6 Å². The van der Waals surface area contributed by atoms with Crippen LogP contribution in [0, 0.1) is 22.5 Å². The second-order valence-electron chi connectivity index (χ2n) is 5.75. The summed E-state index contributed by atoms with van der Waals surface area (Å²) < 4.78 is 5.07. The van der Waals surface area contributed by atoms with Gasteiger partial charge in [0.05, 0.1) is 10.5 Å². The van der Waals surface area contributed by atoms with E-state index in [1.807, 2.05) is 0 Å². The van der Waals surface area contributed by atoms with Gasteiger partial charge in [0.15, 0.2) is 5.78 Å². The molecule has 1 amide bonds. The Labute approximate surface area is 134 Å². The molecule has 1 N–H and O–H groups in total. The van der Waals surface area contributed by atoms with Gasteiger partial charge in [-0.05, 0) is 26.8 Å². The van der Waals surface area contributed by atoms with Crippen molar-refractivity contribution in [1.82, 2.24) is 5.32 Å². The molecule has 0 fully saturated rings. The number of alkyl carbamates (subject to hydrolysis) is 1. The van der Waals surface area contributed by atoms with E-state index in [0.29, 0.717) is 0 Å². The van der Waals surface area contributed by atoms with Crippen molar-refractivity contribution in [1.29, 1.82) is 0 Å². The van der Waals surface area contributed by atoms with Crippen LogP contribution >= 0.6 is 0 Å². The van der Waals surface area contributed by atoms with E-state index in [4.69, 9.17) is 11.2 Å². The van der Waals surface area contributed by atoms with Crippen LogP contribution in [0.3, 0.4) is 0 Å². The number of nitrogens with zero attached hydrogens (tertiary/aromatic N) is 1. The molecular formula is C16H18N2O5. The number of benzene rings is 1. The lowest BCUT2D eigenvalue weighted by Gasteiger charge is -2.22. The molecule has 0 spiro atoms. The molecule has 0 aromatic heterocycles. The lowest BCUT2D eigenvalue weighted by atomic mass is 10.0. The normalized spacial score (nSPS) is 11.9. The topological polar surface area (TPSA) is 98.5 Å². The molecule has 23 heavy (non-hydrogen) atoms. The highest BCUT2D eigenvalue weighted by Gasteiger charge is 2.28. The Hall–Kier alpha value is -2.88. The molecule has 1 rings (SSSR count). The summed E-state index contributed by atoms with van der Waals surface area (Å²) in [6.07, 6.45) is 4.30. The van der Waals surface area contributed by atoms with Crippen LogP contribution in [0.4, 0.5) is 10.5 Å². The molecule has 0 aliphatic heterocycles. The first-order valence-electron chi connectivity index (χ1n) is 6.86. The minimum absolute atomic E-state index is 0.107. The minimum Gasteiger partial charge on any atom is -0.444 e. The van der Waals surface area contributed by atoms with Gasteiger partial charge in [-0.2, -0.15) is 0 Å². The van der Waals surface area contributed by atoms with Crippen LogP contribution in [0.1, 0.15) is 37.6 Å². The predicted octanol–water partition coefficient (Wildman–Crippen LogP) is 2.69. The zero-order valence-corrected chi connectivity index (χ0v) is 13.2. The fourth-order valence-corrected chi connectivity index (χ4v) is 1.81. The maximum Gasteiger partial charge on any atom is 0.408 e. The van der Waals surface area contributed by atoms with Gasteiger partial charge in [-0.25, -0.2) is 4.79 Å². The summed E-state index contributed by atoms with van der Waals surface area (Å²) in [5, 5.41) is 13.4. The molecule has 0 aliphatic rings. The van der Waals surface area contributed by atoms with Crippen molar-refractivity contribution in [3.05, 3.63) is 39.9 Å². The number of nitrogens with one attached hydrogen (secondary N) is 1. The van der Waals surface area contributed by atoms with E-state index < -0.39 is 28.4 Å². The molecule has 1 aromatic carbocycles. The second-order valence-corrected chi connectivity index (χ2v) is 5.75. The van der Waals surface area contributed by atoms with Gasteiger partial charge < -0.3 is 10.1 Å². The van der Waals surface area contributed by atoms with E-state index in [-0.39, 0.29) is 17.7 Å². The van der Waals surface area contributed by atoms with E-state index >= 15 is 0 Å². The third-order valence-corrected chi connectivity index (χ3v) is 2.70. The fraction of sp³-hybridized carbons (Fsp3) is 0.375. The predicted molar refractivity (Wildman–Crippen MR) is 84.0 cm³/mol. The van der Waals surface area contributed by atoms with Crippen LogP contribution in [0.5, 0.6) is 0 Å². The number of ether oxygens (including phenoxy) is 1. The van der Waals surface area contributed by atoms with Gasteiger partial charge in [-0.15, -0.1) is 12.3 Å². The smallest absolute Gasteiger partial charge is 0.408 e. The zero-order valence-electron chi connectivity index (χ0n) is 13.2. The minimum atomic E-state index is -1.10. The molecule has 7 nitrogen and oxygen atoms in total. The van der Waals surface area contributed by atoms with Crippen molar-refractivity contribution in [2.45, 2.75) is 38.8 Å². The third-order valence-electron chi connectivity index (χ3n) is 2.70. The number of hydrogen-bond donors (Lipinski definition) is 1. The summed E-state index contributed by atoms with van der Waals surface area (Å²) in [4.78, 5) is 34.7. The summed E-state index contributed by atoms with van der Waals surface area (Å²) in [6.45, 7) is 5.02. The number of hydrogen-bond acceptors (Lipinski definition) is 5.